The average Bonchev–Trinajstić information content (AvgIpc) is 2.65. The number of aromatic nitrogens is 1. The van der Waals surface area contributed by atoms with Crippen LogP contribution in [0.5, 0.6) is 0 Å². The molecule has 0 fully saturated rings. The highest BCUT2D eigenvalue weighted by Crippen LogP contribution is 2.21. The predicted molar refractivity (Wildman–Crippen MR) is 106 cm³/mol. The SMILES string of the molecule is CCCOC(=O)c1cc(NC(=O)Cn2c(C)cc(C)c(C#N)c2=O)ccc1Cl. The smallest absolute Gasteiger partial charge is 0.339 e. The number of nitrogens with one attached hydrogen (secondary N) is 1. The Kier molecular flexibility index (Phi) is 6.96. The zero-order valence-corrected chi connectivity index (χ0v) is 16.6. The van der Waals surface area contributed by atoms with Crippen molar-refractivity contribution in [1.29, 1.82) is 5.26 Å². The number of benzene rings is 1. The van der Waals surface area contributed by atoms with Crippen molar-refractivity contribution in [3.05, 3.63) is 62.0 Å². The van der Waals surface area contributed by atoms with Gasteiger partial charge in [0.25, 0.3) is 5.56 Å². The van der Waals surface area contributed by atoms with Crippen molar-refractivity contribution >= 4 is 29.2 Å². The third-order valence-electron chi connectivity index (χ3n) is 4.03. The van der Waals surface area contributed by atoms with Crippen molar-refractivity contribution in [2.24, 2.45) is 0 Å². The topological polar surface area (TPSA) is 101 Å². The molecule has 1 heterocycles. The van der Waals surface area contributed by atoms with Crippen LogP contribution in [0.15, 0.2) is 29.1 Å². The van der Waals surface area contributed by atoms with E-state index in [0.717, 1.165) is 0 Å². The second-order valence-corrected chi connectivity index (χ2v) is 6.63. The molecule has 0 aliphatic carbocycles. The first-order valence-electron chi connectivity index (χ1n) is 8.66. The second kappa shape index (κ2) is 9.20. The lowest BCUT2D eigenvalue weighted by Gasteiger charge is -2.13. The summed E-state index contributed by atoms with van der Waals surface area (Å²) in [6.07, 6.45) is 0.676. The number of halogens is 1. The van der Waals surface area contributed by atoms with Crippen molar-refractivity contribution in [2.75, 3.05) is 11.9 Å². The molecule has 28 heavy (non-hydrogen) atoms. The molecule has 8 heteroatoms. The van der Waals surface area contributed by atoms with E-state index in [1.165, 1.54) is 16.7 Å². The minimum Gasteiger partial charge on any atom is -0.462 e. The third kappa shape index (κ3) is 4.78. The summed E-state index contributed by atoms with van der Waals surface area (Å²) in [5.74, 6) is -1.06. The molecule has 0 unspecified atom stereocenters. The van der Waals surface area contributed by atoms with Crippen LogP contribution in [0.3, 0.4) is 0 Å². The van der Waals surface area contributed by atoms with Gasteiger partial charge in [-0.05, 0) is 50.1 Å². The van der Waals surface area contributed by atoms with Crippen molar-refractivity contribution < 1.29 is 14.3 Å². The van der Waals surface area contributed by atoms with Crippen LogP contribution in [-0.2, 0) is 16.1 Å². The highest BCUT2D eigenvalue weighted by atomic mass is 35.5. The summed E-state index contributed by atoms with van der Waals surface area (Å²) in [4.78, 5) is 36.9. The van der Waals surface area contributed by atoms with E-state index in [2.05, 4.69) is 5.32 Å². The number of carbonyl (C=O) groups is 2. The first-order valence-corrected chi connectivity index (χ1v) is 9.04. The Morgan fingerprint density at radius 1 is 1.29 bits per heavy atom. The van der Waals surface area contributed by atoms with Gasteiger partial charge in [0.2, 0.25) is 5.91 Å². The van der Waals surface area contributed by atoms with Gasteiger partial charge in [-0.3, -0.25) is 9.59 Å². The molecule has 0 aliphatic heterocycles. The van der Waals surface area contributed by atoms with Gasteiger partial charge in [0.15, 0.2) is 0 Å². The van der Waals surface area contributed by atoms with Crippen LogP contribution in [0, 0.1) is 25.2 Å². The van der Waals surface area contributed by atoms with E-state index >= 15 is 0 Å². The van der Waals surface area contributed by atoms with Crippen LogP contribution in [0.25, 0.3) is 0 Å². The molecular weight excluding hydrogens is 382 g/mol. The summed E-state index contributed by atoms with van der Waals surface area (Å²) in [5.41, 5.74) is 1.10. The molecule has 2 rings (SSSR count). The van der Waals surface area contributed by atoms with Gasteiger partial charge in [0, 0.05) is 11.4 Å². The molecule has 0 aliphatic rings. The van der Waals surface area contributed by atoms with Gasteiger partial charge >= 0.3 is 5.97 Å². The predicted octanol–water partition coefficient (Wildman–Crippen LogP) is 3.20. The van der Waals surface area contributed by atoms with Crippen molar-refractivity contribution in [1.82, 2.24) is 4.57 Å². The minimum atomic E-state index is -0.577. The number of nitriles is 1. The van der Waals surface area contributed by atoms with E-state index in [-0.39, 0.29) is 29.3 Å². The highest BCUT2D eigenvalue weighted by Gasteiger charge is 2.16. The van der Waals surface area contributed by atoms with Crippen LogP contribution in [0.4, 0.5) is 5.69 Å². The quantitative estimate of drug-likeness (QED) is 0.749. The molecule has 0 spiro atoms. The summed E-state index contributed by atoms with van der Waals surface area (Å²) in [5, 5.41) is 12.0. The van der Waals surface area contributed by atoms with E-state index in [1.54, 1.807) is 26.0 Å². The lowest BCUT2D eigenvalue weighted by Crippen LogP contribution is -2.31. The van der Waals surface area contributed by atoms with Gasteiger partial charge in [-0.25, -0.2) is 4.79 Å². The summed E-state index contributed by atoms with van der Waals surface area (Å²) in [6.45, 7) is 5.23. The number of aryl methyl sites for hydroxylation is 2. The van der Waals surface area contributed by atoms with E-state index < -0.39 is 17.4 Å². The van der Waals surface area contributed by atoms with Crippen molar-refractivity contribution in [3.63, 3.8) is 0 Å². The summed E-state index contributed by atoms with van der Waals surface area (Å²) < 4.78 is 6.30. The van der Waals surface area contributed by atoms with E-state index in [9.17, 15) is 14.4 Å². The molecular formula is C20H20ClN3O4. The molecule has 7 nitrogen and oxygen atoms in total. The Morgan fingerprint density at radius 3 is 2.64 bits per heavy atom. The van der Waals surface area contributed by atoms with E-state index in [0.29, 0.717) is 23.4 Å². The molecule has 0 radical (unpaired) electrons. The molecule has 1 aromatic carbocycles. The molecule has 0 saturated carbocycles. The molecule has 1 N–H and O–H groups in total. The number of hydrogen-bond acceptors (Lipinski definition) is 5. The summed E-state index contributed by atoms with van der Waals surface area (Å²) in [6, 6.07) is 7.99. The maximum atomic E-state index is 12.4. The van der Waals surface area contributed by atoms with Gasteiger partial charge in [-0.1, -0.05) is 18.5 Å². The molecule has 0 bridgehead atoms. The number of carbonyl (C=O) groups excluding carboxylic acids is 2. The largest absolute Gasteiger partial charge is 0.462 e. The van der Waals surface area contributed by atoms with Gasteiger partial charge < -0.3 is 14.6 Å². The monoisotopic (exact) mass is 401 g/mol. The van der Waals surface area contributed by atoms with Gasteiger partial charge in [-0.2, -0.15) is 5.26 Å². The highest BCUT2D eigenvalue weighted by molar-refractivity contribution is 6.33. The molecule has 0 saturated heterocycles. The Balaban J connectivity index is 2.22. The van der Waals surface area contributed by atoms with Gasteiger partial charge in [0.05, 0.1) is 17.2 Å². The maximum Gasteiger partial charge on any atom is 0.339 e. The fourth-order valence-electron chi connectivity index (χ4n) is 2.64. The minimum absolute atomic E-state index is 0.00542. The summed E-state index contributed by atoms with van der Waals surface area (Å²) in [7, 11) is 0. The zero-order valence-electron chi connectivity index (χ0n) is 15.8. The van der Waals surface area contributed by atoms with Crippen molar-refractivity contribution in [3.8, 4) is 6.07 Å². The number of hydrogen-bond donors (Lipinski definition) is 1. The maximum absolute atomic E-state index is 12.4. The zero-order chi connectivity index (χ0) is 20.8. The van der Waals surface area contributed by atoms with E-state index in [4.69, 9.17) is 21.6 Å². The normalized spacial score (nSPS) is 10.2. The number of esters is 1. The Bertz CT molecular complexity index is 1020. The van der Waals surface area contributed by atoms with E-state index in [1.807, 2.05) is 13.0 Å². The third-order valence-corrected chi connectivity index (χ3v) is 4.35. The van der Waals surface area contributed by atoms with Crippen LogP contribution < -0.4 is 10.9 Å². The van der Waals surface area contributed by atoms with Gasteiger partial charge in [0.1, 0.15) is 18.2 Å². The molecule has 1 aromatic heterocycles. The number of anilines is 1. The Hall–Kier alpha value is -3.11. The van der Waals surface area contributed by atoms with Crippen LogP contribution in [0.2, 0.25) is 5.02 Å². The molecule has 0 atom stereocenters. The van der Waals surface area contributed by atoms with Crippen LogP contribution in [-0.4, -0.2) is 23.1 Å². The lowest BCUT2D eigenvalue weighted by molar-refractivity contribution is -0.116. The van der Waals surface area contributed by atoms with Crippen LogP contribution >= 0.6 is 11.6 Å². The molecule has 1 amide bonds. The first-order chi connectivity index (χ1) is 13.3. The number of pyridine rings is 1. The fraction of sp³-hybridized carbons (Fsp3) is 0.300. The standard InChI is InChI=1S/C20H20ClN3O4/c1-4-7-28-20(27)15-9-14(5-6-17(15)21)23-18(25)11-24-13(3)8-12(2)16(10-22)19(24)26/h5-6,8-9H,4,7,11H2,1-3H3,(H,23,25). The first kappa shape index (κ1) is 21.2. The Morgan fingerprint density at radius 2 is 2.00 bits per heavy atom. The number of nitrogens with zero attached hydrogens (tertiary/aromatic N) is 2. The summed E-state index contributed by atoms with van der Waals surface area (Å²) >= 11 is 6.04. The lowest BCUT2D eigenvalue weighted by atomic mass is 10.1. The average molecular weight is 402 g/mol. The van der Waals surface area contributed by atoms with Gasteiger partial charge in [-0.15, -0.1) is 0 Å². The number of rotatable bonds is 6. The van der Waals surface area contributed by atoms with Crippen LogP contribution in [0.1, 0.15) is 40.5 Å². The molecule has 146 valence electrons. The number of ether oxygens (including phenoxy) is 1. The number of amides is 1. The fourth-order valence-corrected chi connectivity index (χ4v) is 2.83. The van der Waals surface area contributed by atoms with Crippen molar-refractivity contribution in [2.45, 2.75) is 33.7 Å². The second-order valence-electron chi connectivity index (χ2n) is 6.23. The molecule has 2 aromatic rings. The Labute approximate surface area is 167 Å².